The van der Waals surface area contributed by atoms with Gasteiger partial charge in [-0.1, -0.05) is 12.1 Å². The van der Waals surface area contributed by atoms with Gasteiger partial charge in [-0.3, -0.25) is 4.79 Å². The molecule has 7 heteroatoms. The lowest BCUT2D eigenvalue weighted by Gasteiger charge is -2.12. The Hall–Kier alpha value is -3.09. The van der Waals surface area contributed by atoms with E-state index in [-0.39, 0.29) is 23.1 Å². The largest absolute Gasteiger partial charge is 0.460 e. The SMILES string of the molecule is C[C@H]1C[C@@H](OC(=O)c2ccccc2NC(=O)c2ccco2)C(=O)O1. The van der Waals surface area contributed by atoms with E-state index in [1.807, 2.05) is 0 Å². The van der Waals surface area contributed by atoms with Crippen LogP contribution in [0.5, 0.6) is 0 Å². The maximum Gasteiger partial charge on any atom is 0.347 e. The number of ether oxygens (including phenoxy) is 2. The summed E-state index contributed by atoms with van der Waals surface area (Å²) >= 11 is 0. The Bertz CT molecular complexity index is 767. The van der Waals surface area contributed by atoms with Gasteiger partial charge in [-0.25, -0.2) is 9.59 Å². The summed E-state index contributed by atoms with van der Waals surface area (Å²) in [7, 11) is 0. The summed E-state index contributed by atoms with van der Waals surface area (Å²) < 4.78 is 15.2. The van der Waals surface area contributed by atoms with Crippen LogP contribution in [-0.4, -0.2) is 30.1 Å². The zero-order valence-electron chi connectivity index (χ0n) is 12.9. The molecule has 1 aliphatic rings. The summed E-state index contributed by atoms with van der Waals surface area (Å²) in [5, 5.41) is 2.59. The first kappa shape index (κ1) is 15.8. The lowest BCUT2D eigenvalue weighted by molar-refractivity contribution is -0.147. The summed E-state index contributed by atoms with van der Waals surface area (Å²) in [6.07, 6.45) is 0.471. The zero-order chi connectivity index (χ0) is 17.1. The Morgan fingerprint density at radius 3 is 2.67 bits per heavy atom. The number of carbonyl (C=O) groups is 3. The Kier molecular flexibility index (Phi) is 4.33. The highest BCUT2D eigenvalue weighted by Gasteiger charge is 2.35. The fourth-order valence-electron chi connectivity index (χ4n) is 2.37. The number of nitrogens with one attached hydrogen (secondary N) is 1. The molecule has 0 spiro atoms. The molecular weight excluding hydrogens is 314 g/mol. The van der Waals surface area contributed by atoms with Crippen LogP contribution in [0, 0.1) is 0 Å². The molecule has 2 atom stereocenters. The lowest BCUT2D eigenvalue weighted by atomic mass is 10.1. The fourth-order valence-corrected chi connectivity index (χ4v) is 2.37. The van der Waals surface area contributed by atoms with Crippen molar-refractivity contribution in [1.82, 2.24) is 0 Å². The maximum absolute atomic E-state index is 12.3. The normalized spacial score (nSPS) is 19.6. The minimum absolute atomic E-state index is 0.117. The molecule has 1 N–H and O–H groups in total. The van der Waals surface area contributed by atoms with Crippen molar-refractivity contribution in [2.75, 3.05) is 5.32 Å². The highest BCUT2D eigenvalue weighted by Crippen LogP contribution is 2.22. The Morgan fingerprint density at radius 1 is 1.21 bits per heavy atom. The third kappa shape index (κ3) is 3.29. The predicted molar refractivity (Wildman–Crippen MR) is 82.5 cm³/mol. The van der Waals surface area contributed by atoms with Gasteiger partial charge in [-0.15, -0.1) is 0 Å². The van der Waals surface area contributed by atoms with Crippen molar-refractivity contribution in [1.29, 1.82) is 0 Å². The van der Waals surface area contributed by atoms with Crippen molar-refractivity contribution in [3.63, 3.8) is 0 Å². The highest BCUT2D eigenvalue weighted by atomic mass is 16.6. The highest BCUT2D eigenvalue weighted by molar-refractivity contribution is 6.06. The number of hydrogen-bond acceptors (Lipinski definition) is 6. The van der Waals surface area contributed by atoms with Gasteiger partial charge in [0.2, 0.25) is 6.10 Å². The van der Waals surface area contributed by atoms with Crippen LogP contribution in [0.1, 0.15) is 34.3 Å². The van der Waals surface area contributed by atoms with E-state index >= 15 is 0 Å². The van der Waals surface area contributed by atoms with E-state index < -0.39 is 23.9 Å². The number of esters is 2. The molecule has 1 saturated heterocycles. The topological polar surface area (TPSA) is 94.8 Å². The molecule has 0 radical (unpaired) electrons. The van der Waals surface area contributed by atoms with Gasteiger partial charge >= 0.3 is 11.9 Å². The first-order chi connectivity index (χ1) is 11.5. The molecule has 2 aromatic rings. The number of furan rings is 1. The standard InChI is InChI=1S/C17H15NO6/c1-10-9-14(17(21)23-10)24-16(20)11-5-2-3-6-12(11)18-15(19)13-7-4-8-22-13/h2-8,10,14H,9H2,1H3,(H,18,19)/t10-,14+/m0/s1. The van der Waals surface area contributed by atoms with Crippen LogP contribution >= 0.6 is 0 Å². The summed E-state index contributed by atoms with van der Waals surface area (Å²) in [6, 6.07) is 9.46. The molecule has 2 heterocycles. The van der Waals surface area contributed by atoms with E-state index in [0.29, 0.717) is 6.42 Å². The van der Waals surface area contributed by atoms with Crippen LogP contribution in [-0.2, 0) is 14.3 Å². The Balaban J connectivity index is 1.75. The molecule has 3 rings (SSSR count). The average Bonchev–Trinajstić information content (AvgIpc) is 3.18. The molecule has 1 amide bonds. The van der Waals surface area contributed by atoms with Crippen molar-refractivity contribution in [2.24, 2.45) is 0 Å². The quantitative estimate of drug-likeness (QED) is 0.866. The van der Waals surface area contributed by atoms with Crippen molar-refractivity contribution in [3.05, 3.63) is 54.0 Å². The van der Waals surface area contributed by atoms with Crippen LogP contribution < -0.4 is 5.32 Å². The minimum atomic E-state index is -0.929. The fraction of sp³-hybridized carbons (Fsp3) is 0.235. The maximum atomic E-state index is 12.3. The molecule has 0 bridgehead atoms. The number of hydrogen-bond donors (Lipinski definition) is 1. The van der Waals surface area contributed by atoms with Crippen molar-refractivity contribution >= 4 is 23.5 Å². The van der Waals surface area contributed by atoms with Gasteiger partial charge in [0.25, 0.3) is 5.91 Å². The first-order valence-corrected chi connectivity index (χ1v) is 7.40. The van der Waals surface area contributed by atoms with Crippen LogP contribution in [0.3, 0.4) is 0 Å². The number of benzene rings is 1. The van der Waals surface area contributed by atoms with Gasteiger partial charge in [0, 0.05) is 6.42 Å². The van der Waals surface area contributed by atoms with Crippen LogP contribution in [0.15, 0.2) is 47.1 Å². The monoisotopic (exact) mass is 329 g/mol. The average molecular weight is 329 g/mol. The Morgan fingerprint density at radius 2 is 2.00 bits per heavy atom. The second kappa shape index (κ2) is 6.57. The summed E-state index contributed by atoms with van der Waals surface area (Å²) in [5.74, 6) is -1.64. The molecule has 7 nitrogen and oxygen atoms in total. The molecule has 1 aromatic carbocycles. The smallest absolute Gasteiger partial charge is 0.347 e. The molecule has 0 unspecified atom stereocenters. The second-order valence-corrected chi connectivity index (χ2v) is 5.35. The number of amides is 1. The van der Waals surface area contributed by atoms with Crippen LogP contribution in [0.4, 0.5) is 5.69 Å². The second-order valence-electron chi connectivity index (χ2n) is 5.35. The first-order valence-electron chi connectivity index (χ1n) is 7.40. The third-order valence-electron chi connectivity index (χ3n) is 3.52. The summed E-state index contributed by atoms with van der Waals surface area (Å²) in [5.41, 5.74) is 0.410. The lowest BCUT2D eigenvalue weighted by Crippen LogP contribution is -2.23. The van der Waals surface area contributed by atoms with Gasteiger partial charge in [-0.05, 0) is 31.2 Å². The van der Waals surface area contributed by atoms with E-state index in [0.717, 1.165) is 0 Å². The van der Waals surface area contributed by atoms with Gasteiger partial charge in [0.05, 0.1) is 17.5 Å². The summed E-state index contributed by atoms with van der Waals surface area (Å²) in [6.45, 7) is 1.73. The predicted octanol–water partition coefficient (Wildman–Crippen LogP) is 2.39. The molecule has 0 aliphatic carbocycles. The number of anilines is 1. The van der Waals surface area contributed by atoms with E-state index in [1.54, 1.807) is 31.2 Å². The molecule has 124 valence electrons. The van der Waals surface area contributed by atoms with Gasteiger partial charge in [0.15, 0.2) is 5.76 Å². The molecule has 1 fully saturated rings. The summed E-state index contributed by atoms with van der Waals surface area (Å²) in [4.78, 5) is 36.0. The van der Waals surface area contributed by atoms with E-state index in [1.165, 1.54) is 18.4 Å². The number of cyclic esters (lactones) is 1. The third-order valence-corrected chi connectivity index (χ3v) is 3.52. The van der Waals surface area contributed by atoms with E-state index in [4.69, 9.17) is 13.9 Å². The van der Waals surface area contributed by atoms with Crippen molar-refractivity contribution in [2.45, 2.75) is 25.6 Å². The van der Waals surface area contributed by atoms with Crippen LogP contribution in [0.2, 0.25) is 0 Å². The number of rotatable bonds is 4. The minimum Gasteiger partial charge on any atom is -0.460 e. The van der Waals surface area contributed by atoms with Crippen LogP contribution in [0.25, 0.3) is 0 Å². The molecule has 1 aromatic heterocycles. The molecular formula is C17H15NO6. The molecule has 24 heavy (non-hydrogen) atoms. The van der Waals surface area contributed by atoms with Crippen molar-refractivity contribution < 1.29 is 28.3 Å². The molecule has 1 aliphatic heterocycles. The number of carbonyl (C=O) groups excluding carboxylic acids is 3. The molecule has 0 saturated carbocycles. The van der Waals surface area contributed by atoms with Gasteiger partial charge < -0.3 is 19.2 Å². The number of para-hydroxylation sites is 1. The van der Waals surface area contributed by atoms with Gasteiger partial charge in [-0.2, -0.15) is 0 Å². The van der Waals surface area contributed by atoms with E-state index in [2.05, 4.69) is 5.32 Å². The van der Waals surface area contributed by atoms with E-state index in [9.17, 15) is 14.4 Å². The van der Waals surface area contributed by atoms with Gasteiger partial charge in [0.1, 0.15) is 6.10 Å². The van der Waals surface area contributed by atoms with Crippen molar-refractivity contribution in [3.8, 4) is 0 Å². The Labute approximate surface area is 137 Å². The zero-order valence-corrected chi connectivity index (χ0v) is 12.9.